The summed E-state index contributed by atoms with van der Waals surface area (Å²) in [7, 11) is 0. The van der Waals surface area contributed by atoms with Gasteiger partial charge in [0.25, 0.3) is 5.69 Å². The van der Waals surface area contributed by atoms with Gasteiger partial charge in [-0.15, -0.1) is 0 Å². The Morgan fingerprint density at radius 2 is 2.08 bits per heavy atom. The minimum atomic E-state index is 0.976. The summed E-state index contributed by atoms with van der Waals surface area (Å²) in [5, 5.41) is 4.29. The molecule has 1 aromatic carbocycles. The summed E-state index contributed by atoms with van der Waals surface area (Å²) in [6.45, 7) is 0. The SMILES string of the molecule is CSc1n[n+](-c2ccccc2)ns1. The quantitative estimate of drug-likeness (QED) is 0.556. The van der Waals surface area contributed by atoms with Crippen molar-refractivity contribution in [3.63, 3.8) is 0 Å². The Morgan fingerprint density at radius 3 is 2.69 bits per heavy atom. The first-order valence-corrected chi connectivity index (χ1v) is 5.76. The Bertz CT molecular complexity index is 385. The predicted molar refractivity (Wildman–Crippen MR) is 53.2 cm³/mol. The molecule has 0 unspecified atom stereocenters. The number of para-hydroxylation sites is 1. The van der Waals surface area contributed by atoms with Crippen LogP contribution in [0.25, 0.3) is 5.69 Å². The van der Waals surface area contributed by atoms with Crippen molar-refractivity contribution in [1.29, 1.82) is 0 Å². The fraction of sp³-hybridized carbons (Fsp3) is 0.125. The van der Waals surface area contributed by atoms with Gasteiger partial charge in [0.15, 0.2) is 0 Å². The first-order chi connectivity index (χ1) is 6.40. The highest BCUT2D eigenvalue weighted by molar-refractivity contribution is 8.00. The van der Waals surface area contributed by atoms with E-state index in [1.807, 2.05) is 36.6 Å². The molecule has 0 saturated heterocycles. The van der Waals surface area contributed by atoms with E-state index in [-0.39, 0.29) is 0 Å². The summed E-state index contributed by atoms with van der Waals surface area (Å²) in [6.07, 6.45) is 2.00. The highest BCUT2D eigenvalue weighted by Crippen LogP contribution is 2.12. The molecule has 2 rings (SSSR count). The van der Waals surface area contributed by atoms with Gasteiger partial charge in [0.2, 0.25) is 4.34 Å². The average molecular weight is 210 g/mol. The van der Waals surface area contributed by atoms with Gasteiger partial charge in [0, 0.05) is 12.1 Å². The molecule has 66 valence electrons. The summed E-state index contributed by atoms with van der Waals surface area (Å²) >= 11 is 3.02. The maximum Gasteiger partial charge on any atom is 0.269 e. The molecule has 1 aromatic heterocycles. The Balaban J connectivity index is 2.36. The molecule has 13 heavy (non-hydrogen) atoms. The van der Waals surface area contributed by atoms with Crippen LogP contribution in [0.5, 0.6) is 0 Å². The standard InChI is InChI=1S/C8H8N3S2/c1-12-8-9-11(10-13-8)7-5-3-2-4-6-7/h2-6H,1H3/q+1. The first-order valence-electron chi connectivity index (χ1n) is 3.76. The van der Waals surface area contributed by atoms with Gasteiger partial charge in [0.1, 0.15) is 0 Å². The number of aromatic nitrogens is 3. The highest BCUT2D eigenvalue weighted by Gasteiger charge is 2.13. The maximum atomic E-state index is 4.29. The van der Waals surface area contributed by atoms with Gasteiger partial charge >= 0.3 is 0 Å². The molecule has 0 bridgehead atoms. The molecule has 2 aromatic rings. The minimum Gasteiger partial charge on any atom is -0.0910 e. The Morgan fingerprint density at radius 1 is 1.31 bits per heavy atom. The molecule has 0 saturated carbocycles. The van der Waals surface area contributed by atoms with Crippen molar-refractivity contribution in [2.45, 2.75) is 4.34 Å². The van der Waals surface area contributed by atoms with E-state index in [9.17, 15) is 0 Å². The molecule has 0 fully saturated rings. The third kappa shape index (κ3) is 1.87. The predicted octanol–water partition coefficient (Wildman–Crippen LogP) is 1.54. The van der Waals surface area contributed by atoms with Crippen molar-refractivity contribution in [2.75, 3.05) is 6.26 Å². The van der Waals surface area contributed by atoms with Crippen molar-refractivity contribution in [2.24, 2.45) is 0 Å². The minimum absolute atomic E-state index is 0.976. The normalized spacial score (nSPS) is 10.2. The topological polar surface area (TPSA) is 29.7 Å². The van der Waals surface area contributed by atoms with Crippen LogP contribution < -0.4 is 4.80 Å². The molecular formula is C8H8N3S2+. The van der Waals surface area contributed by atoms with Crippen LogP contribution in [-0.4, -0.2) is 15.8 Å². The second kappa shape index (κ2) is 3.85. The number of nitrogens with zero attached hydrogens (tertiary/aromatic N) is 3. The molecule has 0 radical (unpaired) electrons. The molecule has 0 aliphatic rings. The van der Waals surface area contributed by atoms with Crippen molar-refractivity contribution < 1.29 is 4.80 Å². The van der Waals surface area contributed by atoms with Crippen LogP contribution in [0, 0.1) is 0 Å². The summed E-state index contributed by atoms with van der Waals surface area (Å²) in [4.78, 5) is 1.65. The van der Waals surface area contributed by atoms with E-state index in [1.54, 1.807) is 16.6 Å². The summed E-state index contributed by atoms with van der Waals surface area (Å²) in [6, 6.07) is 9.89. The fourth-order valence-electron chi connectivity index (χ4n) is 0.932. The lowest BCUT2D eigenvalue weighted by Crippen LogP contribution is -2.35. The van der Waals surface area contributed by atoms with Crippen LogP contribution in [0.4, 0.5) is 0 Å². The lowest BCUT2D eigenvalue weighted by Gasteiger charge is -1.82. The van der Waals surface area contributed by atoms with Gasteiger partial charge < -0.3 is 0 Å². The third-order valence-corrected chi connectivity index (χ3v) is 3.16. The zero-order valence-corrected chi connectivity index (χ0v) is 8.68. The molecule has 0 aliphatic carbocycles. The van der Waals surface area contributed by atoms with Gasteiger partial charge in [-0.05, 0) is 6.26 Å². The van der Waals surface area contributed by atoms with E-state index in [0.717, 1.165) is 10.0 Å². The van der Waals surface area contributed by atoms with Crippen LogP contribution in [0.1, 0.15) is 0 Å². The zero-order valence-electron chi connectivity index (χ0n) is 7.04. The van der Waals surface area contributed by atoms with Gasteiger partial charge in [-0.25, -0.2) is 0 Å². The highest BCUT2D eigenvalue weighted by atomic mass is 32.2. The summed E-state index contributed by atoms with van der Waals surface area (Å²) < 4.78 is 5.16. The van der Waals surface area contributed by atoms with E-state index in [1.165, 1.54) is 11.5 Å². The zero-order chi connectivity index (χ0) is 9.10. The van der Waals surface area contributed by atoms with Gasteiger partial charge in [-0.2, -0.15) is 0 Å². The Labute approximate surface area is 84.6 Å². The van der Waals surface area contributed by atoms with Crippen LogP contribution in [0.3, 0.4) is 0 Å². The number of hydrogen-bond acceptors (Lipinski definition) is 4. The Hall–Kier alpha value is -0.940. The van der Waals surface area contributed by atoms with E-state index in [4.69, 9.17) is 0 Å². The van der Waals surface area contributed by atoms with Crippen molar-refractivity contribution in [3.8, 4) is 5.69 Å². The molecule has 0 amide bonds. The number of rotatable bonds is 2. The third-order valence-electron chi connectivity index (χ3n) is 1.53. The van der Waals surface area contributed by atoms with Crippen LogP contribution >= 0.6 is 23.3 Å². The van der Waals surface area contributed by atoms with Crippen molar-refractivity contribution in [1.82, 2.24) is 9.59 Å². The molecule has 5 heteroatoms. The van der Waals surface area contributed by atoms with Gasteiger partial charge in [-0.1, -0.05) is 30.0 Å². The maximum absolute atomic E-state index is 4.29. The van der Waals surface area contributed by atoms with Gasteiger partial charge in [-0.3, -0.25) is 0 Å². The lowest BCUT2D eigenvalue weighted by molar-refractivity contribution is -0.712. The second-order valence-electron chi connectivity index (χ2n) is 2.37. The summed E-state index contributed by atoms with van der Waals surface area (Å²) in [5.41, 5.74) is 0.999. The number of benzene rings is 1. The van der Waals surface area contributed by atoms with E-state index in [0.29, 0.717) is 0 Å². The molecule has 0 atom stereocenters. The summed E-state index contributed by atoms with van der Waals surface area (Å²) in [5.74, 6) is 0. The monoisotopic (exact) mass is 210 g/mol. The molecule has 0 N–H and O–H groups in total. The molecule has 3 nitrogen and oxygen atoms in total. The number of hydrogen-bond donors (Lipinski definition) is 0. The van der Waals surface area contributed by atoms with Gasteiger partial charge in [0.05, 0.1) is 25.9 Å². The molecule has 0 spiro atoms. The average Bonchev–Trinajstić information content (AvgIpc) is 2.67. The Kier molecular flexibility index (Phi) is 2.56. The van der Waals surface area contributed by atoms with E-state index < -0.39 is 0 Å². The second-order valence-corrected chi connectivity index (χ2v) is 4.15. The first kappa shape index (κ1) is 8.65. The van der Waals surface area contributed by atoms with Crippen LogP contribution in [-0.2, 0) is 0 Å². The largest absolute Gasteiger partial charge is 0.269 e. The molecule has 0 aliphatic heterocycles. The van der Waals surface area contributed by atoms with E-state index >= 15 is 0 Å². The van der Waals surface area contributed by atoms with Crippen molar-refractivity contribution >= 4 is 23.3 Å². The van der Waals surface area contributed by atoms with E-state index in [2.05, 4.69) is 9.59 Å². The van der Waals surface area contributed by atoms with Crippen molar-refractivity contribution in [3.05, 3.63) is 30.3 Å². The van der Waals surface area contributed by atoms with Crippen LogP contribution in [0.2, 0.25) is 0 Å². The molecular weight excluding hydrogens is 202 g/mol. The number of thioether (sulfide) groups is 1. The smallest absolute Gasteiger partial charge is 0.0910 e. The van der Waals surface area contributed by atoms with Crippen LogP contribution in [0.15, 0.2) is 34.7 Å². The molecule has 1 heterocycles. The fourth-order valence-corrected chi connectivity index (χ4v) is 1.88. The lowest BCUT2D eigenvalue weighted by atomic mass is 10.3.